The van der Waals surface area contributed by atoms with Gasteiger partial charge in [-0.3, -0.25) is 9.59 Å². The molecule has 0 bridgehead atoms. The fourth-order valence-corrected chi connectivity index (χ4v) is 3.57. The molecule has 136 valence electrons. The summed E-state index contributed by atoms with van der Waals surface area (Å²) in [6.45, 7) is 3.30. The average Bonchev–Trinajstić information content (AvgIpc) is 3.23. The van der Waals surface area contributed by atoms with Crippen molar-refractivity contribution in [3.63, 3.8) is 0 Å². The first-order chi connectivity index (χ1) is 12.6. The number of oxazole rings is 1. The van der Waals surface area contributed by atoms with Crippen LogP contribution in [0.1, 0.15) is 43.2 Å². The fourth-order valence-electron chi connectivity index (χ4n) is 3.57. The first kappa shape index (κ1) is 16.8. The van der Waals surface area contributed by atoms with E-state index in [9.17, 15) is 9.59 Å². The zero-order valence-corrected chi connectivity index (χ0v) is 14.9. The number of carbonyl (C=O) groups is 2. The van der Waals surface area contributed by atoms with Crippen LogP contribution in [0.2, 0.25) is 0 Å². The summed E-state index contributed by atoms with van der Waals surface area (Å²) in [6.07, 6.45) is 6.17. The van der Waals surface area contributed by atoms with Crippen LogP contribution < -0.4 is 5.32 Å². The van der Waals surface area contributed by atoms with Crippen LogP contribution >= 0.6 is 0 Å². The van der Waals surface area contributed by atoms with Crippen molar-refractivity contribution in [1.29, 1.82) is 0 Å². The predicted molar refractivity (Wildman–Crippen MR) is 96.3 cm³/mol. The highest BCUT2D eigenvalue weighted by Gasteiger charge is 2.45. The van der Waals surface area contributed by atoms with E-state index >= 15 is 0 Å². The lowest BCUT2D eigenvalue weighted by Crippen LogP contribution is -2.49. The maximum atomic E-state index is 12.6. The highest BCUT2D eigenvalue weighted by molar-refractivity contribution is 5.95. The number of nitrogens with one attached hydrogen (secondary N) is 1. The van der Waals surface area contributed by atoms with E-state index in [2.05, 4.69) is 10.3 Å². The zero-order valence-electron chi connectivity index (χ0n) is 14.9. The van der Waals surface area contributed by atoms with Gasteiger partial charge in [0.25, 0.3) is 5.91 Å². The molecule has 1 aliphatic carbocycles. The van der Waals surface area contributed by atoms with Crippen molar-refractivity contribution in [3.8, 4) is 11.5 Å². The molecule has 2 aliphatic rings. The van der Waals surface area contributed by atoms with Gasteiger partial charge in [0.15, 0.2) is 0 Å². The van der Waals surface area contributed by atoms with E-state index in [1.807, 2.05) is 35.2 Å². The molecule has 0 radical (unpaired) electrons. The van der Waals surface area contributed by atoms with Crippen molar-refractivity contribution in [3.05, 3.63) is 42.3 Å². The monoisotopic (exact) mass is 353 g/mol. The Labute approximate surface area is 152 Å². The molecule has 1 atom stereocenters. The molecule has 2 aromatic rings. The van der Waals surface area contributed by atoms with Gasteiger partial charge in [0.1, 0.15) is 6.04 Å². The van der Waals surface area contributed by atoms with Crippen LogP contribution in [0, 0.1) is 5.41 Å². The minimum Gasteiger partial charge on any atom is -0.431 e. The Hall–Kier alpha value is -2.63. The van der Waals surface area contributed by atoms with Gasteiger partial charge in [-0.15, -0.1) is 0 Å². The Balaban J connectivity index is 1.35. The molecule has 1 aromatic heterocycles. The van der Waals surface area contributed by atoms with E-state index in [-0.39, 0.29) is 11.7 Å². The van der Waals surface area contributed by atoms with Crippen molar-refractivity contribution >= 4 is 11.8 Å². The van der Waals surface area contributed by atoms with Crippen molar-refractivity contribution in [2.45, 2.75) is 38.6 Å². The van der Waals surface area contributed by atoms with Crippen LogP contribution in [0.5, 0.6) is 0 Å². The number of likely N-dealkylation sites (tertiary alicyclic amines) is 1. The summed E-state index contributed by atoms with van der Waals surface area (Å²) in [5.74, 6) is 0.0485. The van der Waals surface area contributed by atoms with E-state index in [1.165, 1.54) is 19.0 Å². The second-order valence-electron chi connectivity index (χ2n) is 7.42. The summed E-state index contributed by atoms with van der Waals surface area (Å²) in [5.41, 5.74) is 1.33. The first-order valence-electron chi connectivity index (χ1n) is 9.17. The Kier molecular flexibility index (Phi) is 4.26. The first-order valence-corrected chi connectivity index (χ1v) is 9.17. The molecule has 1 spiro atoms. The number of amides is 2. The Morgan fingerprint density at radius 2 is 1.85 bits per heavy atom. The second kappa shape index (κ2) is 6.59. The molecule has 2 heterocycles. The van der Waals surface area contributed by atoms with Gasteiger partial charge in [-0.05, 0) is 50.2 Å². The second-order valence-corrected chi connectivity index (χ2v) is 7.42. The number of aromatic nitrogens is 1. The summed E-state index contributed by atoms with van der Waals surface area (Å²) < 4.78 is 5.55. The molecule has 1 N–H and O–H groups in total. The number of hydrogen-bond acceptors (Lipinski definition) is 4. The van der Waals surface area contributed by atoms with E-state index in [0.29, 0.717) is 11.3 Å². The lowest BCUT2D eigenvalue weighted by Gasteiger charge is -2.33. The third-order valence-electron chi connectivity index (χ3n) is 5.56. The van der Waals surface area contributed by atoms with Crippen LogP contribution in [0.15, 0.2) is 40.9 Å². The van der Waals surface area contributed by atoms with Crippen LogP contribution in [0.25, 0.3) is 11.5 Å². The zero-order chi connectivity index (χ0) is 18.1. The largest absolute Gasteiger partial charge is 0.431 e. The van der Waals surface area contributed by atoms with Crippen LogP contribution in [0.4, 0.5) is 0 Å². The van der Waals surface area contributed by atoms with E-state index in [1.54, 1.807) is 6.92 Å². The molecule has 2 amide bonds. The predicted octanol–water partition coefficient (Wildman–Crippen LogP) is 2.86. The van der Waals surface area contributed by atoms with Crippen molar-refractivity contribution in [2.75, 3.05) is 13.1 Å². The number of hydrogen-bond donors (Lipinski definition) is 1. The number of nitrogens with zero attached hydrogens (tertiary/aromatic N) is 2. The smallest absolute Gasteiger partial charge is 0.289 e. The van der Waals surface area contributed by atoms with E-state index in [0.717, 1.165) is 31.5 Å². The molecule has 1 aliphatic heterocycles. The maximum absolute atomic E-state index is 12.6. The minimum atomic E-state index is -0.582. The van der Waals surface area contributed by atoms with Gasteiger partial charge in [0.05, 0.1) is 6.20 Å². The Morgan fingerprint density at radius 1 is 1.15 bits per heavy atom. The molecule has 26 heavy (non-hydrogen) atoms. The highest BCUT2D eigenvalue weighted by atomic mass is 16.4. The highest BCUT2D eigenvalue weighted by Crippen LogP contribution is 2.53. The molecule has 1 saturated carbocycles. The molecular formula is C20H23N3O3. The van der Waals surface area contributed by atoms with Crippen LogP contribution in [-0.4, -0.2) is 40.8 Å². The van der Waals surface area contributed by atoms with Gasteiger partial charge >= 0.3 is 0 Å². The normalized spacial score (nSPS) is 19.2. The minimum absolute atomic E-state index is 0.0309. The third kappa shape index (κ3) is 3.36. The van der Waals surface area contributed by atoms with Gasteiger partial charge in [-0.2, -0.15) is 0 Å². The molecule has 2 fully saturated rings. The van der Waals surface area contributed by atoms with E-state index < -0.39 is 11.9 Å². The lowest BCUT2D eigenvalue weighted by molar-refractivity contribution is -0.134. The van der Waals surface area contributed by atoms with E-state index in [4.69, 9.17) is 4.42 Å². The number of piperidine rings is 1. The van der Waals surface area contributed by atoms with Crippen LogP contribution in [-0.2, 0) is 4.79 Å². The van der Waals surface area contributed by atoms with Gasteiger partial charge < -0.3 is 14.6 Å². The number of carbonyl (C=O) groups excluding carboxylic acids is 2. The number of benzene rings is 1. The summed E-state index contributed by atoms with van der Waals surface area (Å²) in [5, 5.41) is 2.73. The van der Waals surface area contributed by atoms with Crippen molar-refractivity contribution < 1.29 is 14.0 Å². The Bertz CT molecular complexity index is 801. The van der Waals surface area contributed by atoms with Gasteiger partial charge in [0.2, 0.25) is 17.6 Å². The number of rotatable bonds is 4. The van der Waals surface area contributed by atoms with Crippen molar-refractivity contribution in [2.24, 2.45) is 5.41 Å². The Morgan fingerprint density at radius 3 is 2.50 bits per heavy atom. The SMILES string of the molecule is C[C@H](NC(=O)c1cnc(-c2ccccc2)o1)C(=O)N1CCC2(CC1)CC2. The standard InChI is InChI=1S/C20H23N3O3/c1-14(19(25)23-11-9-20(7-8-20)10-12-23)22-17(24)16-13-21-18(26-16)15-5-3-2-4-6-15/h2-6,13-14H,7-12H2,1H3,(H,22,24)/t14-/m0/s1. The van der Waals surface area contributed by atoms with Crippen molar-refractivity contribution in [1.82, 2.24) is 15.2 Å². The molecule has 0 unspecified atom stereocenters. The lowest BCUT2D eigenvalue weighted by atomic mass is 9.93. The molecule has 1 saturated heterocycles. The molecule has 6 nitrogen and oxygen atoms in total. The average molecular weight is 353 g/mol. The fraction of sp³-hybridized carbons (Fsp3) is 0.450. The topological polar surface area (TPSA) is 75.4 Å². The van der Waals surface area contributed by atoms with Gasteiger partial charge in [-0.25, -0.2) is 4.98 Å². The summed E-state index contributed by atoms with van der Waals surface area (Å²) in [6, 6.07) is 8.81. The van der Waals surface area contributed by atoms with Gasteiger partial charge in [-0.1, -0.05) is 18.2 Å². The quantitative estimate of drug-likeness (QED) is 0.917. The van der Waals surface area contributed by atoms with Crippen LogP contribution in [0.3, 0.4) is 0 Å². The maximum Gasteiger partial charge on any atom is 0.289 e. The molecule has 1 aromatic carbocycles. The molecule has 6 heteroatoms. The summed E-state index contributed by atoms with van der Waals surface area (Å²) >= 11 is 0. The van der Waals surface area contributed by atoms with Gasteiger partial charge in [0, 0.05) is 18.7 Å². The summed E-state index contributed by atoms with van der Waals surface area (Å²) in [4.78, 5) is 31.0. The summed E-state index contributed by atoms with van der Waals surface area (Å²) in [7, 11) is 0. The third-order valence-corrected chi connectivity index (χ3v) is 5.56. The molecular weight excluding hydrogens is 330 g/mol. The molecule has 4 rings (SSSR count).